The van der Waals surface area contributed by atoms with Crippen LogP contribution in [0.15, 0.2) is 24.8 Å². The highest BCUT2D eigenvalue weighted by Gasteiger charge is 2.44. The molecular weight excluding hydrogens is 422 g/mol. The fraction of sp³-hybridized carbons (Fsp3) is 0.450. The van der Waals surface area contributed by atoms with Crippen LogP contribution in [-0.2, 0) is 11.3 Å². The number of aliphatic hydroxyl groups is 3. The molecule has 0 amide bonds. The minimum Gasteiger partial charge on any atom is -0.496 e. The number of aliphatic hydroxyl groups excluding tert-OH is 3. The molecule has 4 N–H and O–H groups in total. The summed E-state index contributed by atoms with van der Waals surface area (Å²) >= 11 is 0. The van der Waals surface area contributed by atoms with Crippen molar-refractivity contribution in [3.8, 4) is 17.2 Å². The van der Waals surface area contributed by atoms with Crippen molar-refractivity contribution in [2.75, 3.05) is 33.3 Å². The molecule has 0 saturated carbocycles. The van der Waals surface area contributed by atoms with Gasteiger partial charge < -0.3 is 39.6 Å². The summed E-state index contributed by atoms with van der Waals surface area (Å²) in [6, 6.07) is 3.51. The van der Waals surface area contributed by atoms with Crippen molar-refractivity contribution in [1.29, 1.82) is 0 Å². The molecule has 12 heteroatoms. The van der Waals surface area contributed by atoms with Gasteiger partial charge in [0.2, 0.25) is 0 Å². The summed E-state index contributed by atoms with van der Waals surface area (Å²) in [6.07, 6.45) is -1.52. The zero-order valence-corrected chi connectivity index (χ0v) is 17.8. The number of fused-ring (bicyclic) bond motifs is 1. The summed E-state index contributed by atoms with van der Waals surface area (Å²) in [5.74, 6) is 2.21. The van der Waals surface area contributed by atoms with E-state index in [2.05, 4.69) is 20.3 Å². The second-order valence-corrected chi connectivity index (χ2v) is 7.14. The molecule has 4 rings (SSSR count). The Labute approximate surface area is 183 Å². The largest absolute Gasteiger partial charge is 0.496 e. The number of ether oxygens (including phenoxy) is 4. The van der Waals surface area contributed by atoms with Crippen LogP contribution in [0.4, 0.5) is 5.82 Å². The van der Waals surface area contributed by atoms with Crippen LogP contribution in [0.5, 0.6) is 17.2 Å². The number of rotatable bonds is 8. The van der Waals surface area contributed by atoms with Crippen molar-refractivity contribution in [2.24, 2.45) is 0 Å². The second kappa shape index (κ2) is 9.12. The monoisotopic (exact) mass is 447 g/mol. The van der Waals surface area contributed by atoms with Crippen LogP contribution in [0.3, 0.4) is 0 Å². The Morgan fingerprint density at radius 1 is 1.03 bits per heavy atom. The summed E-state index contributed by atoms with van der Waals surface area (Å²) in [5.41, 5.74) is 1.59. The molecule has 0 spiro atoms. The van der Waals surface area contributed by atoms with Crippen LogP contribution >= 0.6 is 0 Å². The molecule has 0 radical (unpaired) electrons. The van der Waals surface area contributed by atoms with Gasteiger partial charge in [-0.3, -0.25) is 4.57 Å². The topological polar surface area (TPSA) is 153 Å². The minimum atomic E-state index is -1.25. The fourth-order valence-electron chi connectivity index (χ4n) is 3.70. The summed E-state index contributed by atoms with van der Waals surface area (Å²) in [6.45, 7) is -0.113. The van der Waals surface area contributed by atoms with Crippen molar-refractivity contribution in [3.05, 3.63) is 30.4 Å². The average molecular weight is 447 g/mol. The fourth-order valence-corrected chi connectivity index (χ4v) is 3.70. The molecule has 2 aromatic heterocycles. The number of aromatic nitrogens is 4. The quantitative estimate of drug-likeness (QED) is 0.371. The zero-order chi connectivity index (χ0) is 22.8. The first-order valence-corrected chi connectivity index (χ1v) is 9.85. The highest BCUT2D eigenvalue weighted by molar-refractivity contribution is 5.82. The lowest BCUT2D eigenvalue weighted by Gasteiger charge is -2.17. The average Bonchev–Trinajstić information content (AvgIpc) is 3.38. The van der Waals surface area contributed by atoms with Crippen LogP contribution in [-0.4, -0.2) is 81.1 Å². The molecule has 0 aliphatic carbocycles. The van der Waals surface area contributed by atoms with E-state index in [0.29, 0.717) is 40.8 Å². The highest BCUT2D eigenvalue weighted by Crippen LogP contribution is 2.35. The maximum absolute atomic E-state index is 10.3. The Morgan fingerprint density at radius 2 is 1.75 bits per heavy atom. The third-order valence-corrected chi connectivity index (χ3v) is 5.40. The number of anilines is 1. The number of methoxy groups -OCH3 is 3. The van der Waals surface area contributed by atoms with E-state index in [1.165, 1.54) is 17.2 Å². The second-order valence-electron chi connectivity index (χ2n) is 7.14. The summed E-state index contributed by atoms with van der Waals surface area (Å²) in [7, 11) is 4.68. The van der Waals surface area contributed by atoms with E-state index in [1.807, 2.05) is 0 Å². The molecular formula is C20H25N5O7. The Kier molecular flexibility index (Phi) is 6.28. The Bertz CT molecular complexity index is 1070. The number of hydrogen-bond donors (Lipinski definition) is 4. The molecule has 1 saturated heterocycles. The maximum atomic E-state index is 10.3. The first-order valence-electron chi connectivity index (χ1n) is 9.85. The summed E-state index contributed by atoms with van der Waals surface area (Å²) in [5, 5.41) is 32.9. The van der Waals surface area contributed by atoms with Crippen molar-refractivity contribution in [3.63, 3.8) is 0 Å². The lowest BCUT2D eigenvalue weighted by molar-refractivity contribution is -0.0511. The third kappa shape index (κ3) is 3.77. The Hall–Kier alpha value is -3.19. The molecule has 172 valence electrons. The number of imidazole rings is 1. The maximum Gasteiger partial charge on any atom is 0.167 e. The van der Waals surface area contributed by atoms with E-state index < -0.39 is 31.1 Å². The van der Waals surface area contributed by atoms with Crippen molar-refractivity contribution in [1.82, 2.24) is 19.5 Å². The third-order valence-electron chi connectivity index (χ3n) is 5.40. The van der Waals surface area contributed by atoms with Gasteiger partial charge in [-0.25, -0.2) is 15.0 Å². The van der Waals surface area contributed by atoms with Gasteiger partial charge in [0.15, 0.2) is 23.2 Å². The molecule has 0 bridgehead atoms. The number of nitrogens with one attached hydrogen (secondary N) is 1. The Balaban J connectivity index is 1.63. The number of hydrogen-bond acceptors (Lipinski definition) is 11. The summed E-state index contributed by atoms with van der Waals surface area (Å²) in [4.78, 5) is 12.9. The lowest BCUT2D eigenvalue weighted by atomic mass is 10.1. The normalized spacial score (nSPS) is 22.8. The Morgan fingerprint density at radius 3 is 2.34 bits per heavy atom. The predicted molar refractivity (Wildman–Crippen MR) is 112 cm³/mol. The smallest absolute Gasteiger partial charge is 0.167 e. The van der Waals surface area contributed by atoms with Gasteiger partial charge in [-0.2, -0.15) is 0 Å². The van der Waals surface area contributed by atoms with Gasteiger partial charge >= 0.3 is 0 Å². The van der Waals surface area contributed by atoms with Gasteiger partial charge in [-0.1, -0.05) is 0 Å². The molecule has 1 aromatic carbocycles. The van der Waals surface area contributed by atoms with Crippen molar-refractivity contribution < 1.29 is 34.3 Å². The standard InChI is InChI=1S/C20H25N5O7/c1-29-10-4-12(30-2)11(13(5-10)31-3)6-21-18-15-19(23-8-22-18)25(9-24-15)20-17(28)16(27)14(7-26)32-20/h4-5,8-9,14,16-17,20,26-28H,6-7H2,1-3H3,(H,21,22,23)/t14-,16-,17+,20?/m1/s1. The van der Waals surface area contributed by atoms with Crippen LogP contribution < -0.4 is 19.5 Å². The van der Waals surface area contributed by atoms with E-state index in [1.54, 1.807) is 33.5 Å². The van der Waals surface area contributed by atoms with Crippen LogP contribution in [0.1, 0.15) is 11.8 Å². The molecule has 12 nitrogen and oxygen atoms in total. The van der Waals surface area contributed by atoms with Crippen molar-refractivity contribution in [2.45, 2.75) is 31.1 Å². The molecule has 3 heterocycles. The predicted octanol–water partition coefficient (Wildman–Crippen LogP) is 0.0757. The van der Waals surface area contributed by atoms with Gasteiger partial charge in [0.05, 0.1) is 39.8 Å². The first kappa shape index (κ1) is 22.0. The van der Waals surface area contributed by atoms with Gasteiger partial charge in [0, 0.05) is 18.7 Å². The van der Waals surface area contributed by atoms with Gasteiger partial charge in [-0.05, 0) is 0 Å². The summed E-state index contributed by atoms with van der Waals surface area (Å²) < 4.78 is 23.3. The van der Waals surface area contributed by atoms with E-state index >= 15 is 0 Å². The number of nitrogens with zero attached hydrogens (tertiary/aromatic N) is 4. The molecule has 1 aliphatic rings. The SMILES string of the molecule is COc1cc(OC)c(CNc2ncnc3c2ncn3C2O[C@H](CO)[C@@H](O)[C@@H]2O)c(OC)c1. The molecule has 1 aliphatic heterocycles. The molecule has 32 heavy (non-hydrogen) atoms. The van der Waals surface area contributed by atoms with Gasteiger partial charge in [0.1, 0.15) is 41.9 Å². The van der Waals surface area contributed by atoms with Gasteiger partial charge in [-0.15, -0.1) is 0 Å². The minimum absolute atomic E-state index is 0.309. The molecule has 1 fully saturated rings. The first-order chi connectivity index (χ1) is 15.5. The molecule has 4 atom stereocenters. The van der Waals surface area contributed by atoms with Gasteiger partial charge in [0.25, 0.3) is 0 Å². The van der Waals surface area contributed by atoms with Crippen LogP contribution in [0.2, 0.25) is 0 Å². The molecule has 3 aromatic rings. The zero-order valence-electron chi connectivity index (χ0n) is 17.8. The van der Waals surface area contributed by atoms with E-state index in [4.69, 9.17) is 18.9 Å². The highest BCUT2D eigenvalue weighted by atomic mass is 16.6. The van der Waals surface area contributed by atoms with E-state index in [0.717, 1.165) is 5.56 Å². The van der Waals surface area contributed by atoms with Crippen LogP contribution in [0, 0.1) is 0 Å². The molecule has 1 unspecified atom stereocenters. The van der Waals surface area contributed by atoms with Crippen molar-refractivity contribution >= 4 is 17.0 Å². The van der Waals surface area contributed by atoms with Crippen LogP contribution in [0.25, 0.3) is 11.2 Å². The lowest BCUT2D eigenvalue weighted by Crippen LogP contribution is -2.33. The number of benzene rings is 1. The van der Waals surface area contributed by atoms with E-state index in [9.17, 15) is 15.3 Å². The van der Waals surface area contributed by atoms with E-state index in [-0.39, 0.29) is 0 Å².